The summed E-state index contributed by atoms with van der Waals surface area (Å²) in [5.41, 5.74) is 5.56. The molecule has 0 aromatic heterocycles. The Balaban J connectivity index is 0.00000151. The van der Waals surface area contributed by atoms with Crippen LogP contribution in [-0.2, 0) is 22.7 Å². The molecule has 3 heteroatoms. The second kappa shape index (κ2) is 9.81. The molecule has 0 aliphatic carbocycles. The third-order valence-electron chi connectivity index (χ3n) is 5.52. The first-order valence-corrected chi connectivity index (χ1v) is 10.6. The summed E-state index contributed by atoms with van der Waals surface area (Å²) in [6.07, 6.45) is 0.618. The molecule has 0 saturated heterocycles. The van der Waals surface area contributed by atoms with Crippen LogP contribution in [0.4, 0.5) is 0 Å². The van der Waals surface area contributed by atoms with Gasteiger partial charge in [-0.25, -0.2) is 0 Å². The van der Waals surface area contributed by atoms with Crippen molar-refractivity contribution in [3.63, 3.8) is 0 Å². The van der Waals surface area contributed by atoms with Crippen LogP contribution in [0, 0.1) is 47.8 Å². The third kappa shape index (κ3) is 6.70. The number of nitrogens with zero attached hydrogens (tertiary/aromatic N) is 3. The third-order valence-corrected chi connectivity index (χ3v) is 5.52. The molecule has 0 spiro atoms. The van der Waals surface area contributed by atoms with Crippen molar-refractivity contribution in [1.29, 1.82) is 15.8 Å². The Hall–Kier alpha value is -3.09. The van der Waals surface area contributed by atoms with Crippen molar-refractivity contribution in [2.75, 3.05) is 0 Å². The fraction of sp³-hybridized carbons (Fsp3) is 0.464. The fourth-order valence-electron chi connectivity index (χ4n) is 3.54. The van der Waals surface area contributed by atoms with Crippen LogP contribution in [0.25, 0.3) is 0 Å². The van der Waals surface area contributed by atoms with Crippen molar-refractivity contribution in [3.8, 4) is 18.2 Å². The van der Waals surface area contributed by atoms with Crippen LogP contribution >= 0.6 is 0 Å². The lowest BCUT2D eigenvalue weighted by Gasteiger charge is -2.27. The number of rotatable bonds is 4. The van der Waals surface area contributed by atoms with Gasteiger partial charge in [0.05, 0.1) is 29.0 Å². The van der Waals surface area contributed by atoms with Crippen molar-refractivity contribution < 1.29 is 0 Å². The van der Waals surface area contributed by atoms with Gasteiger partial charge in [0.25, 0.3) is 0 Å². The predicted octanol–water partition coefficient (Wildman–Crippen LogP) is 6.96. The van der Waals surface area contributed by atoms with Gasteiger partial charge in [0.15, 0.2) is 0 Å². The molecule has 1 unspecified atom stereocenters. The van der Waals surface area contributed by atoms with E-state index < -0.39 is 10.8 Å². The molecule has 0 fully saturated rings. The molecule has 162 valence electrons. The predicted molar refractivity (Wildman–Crippen MR) is 128 cm³/mol. The molecule has 0 saturated carbocycles. The maximum Gasteiger partial charge on any atom is 0.0834 e. The largest absolute Gasteiger partial charge is 0.199 e. The molecular weight excluding hydrogens is 378 g/mol. The van der Waals surface area contributed by atoms with Crippen LogP contribution in [0.5, 0.6) is 0 Å². The second-order valence-corrected chi connectivity index (χ2v) is 10.1. The van der Waals surface area contributed by atoms with E-state index in [2.05, 4.69) is 83.2 Å². The minimum absolute atomic E-state index is 0.0322. The standard InChI is InChI=1S/C26H32N2.C2H3N/c1-18-9-20(13-22(11-18)25(6,7)16-27)15-26(8,17-28)23-12-19(2)10-21(14-23)24(3,4)5;1-2-3/h9-14H,15H2,1-8H3;1H3. The molecule has 1 atom stereocenters. The van der Waals surface area contributed by atoms with Gasteiger partial charge in [-0.15, -0.1) is 0 Å². The number of nitriles is 3. The normalized spacial score (nSPS) is 13.0. The molecule has 0 N–H and O–H groups in total. The molecule has 0 radical (unpaired) electrons. The highest BCUT2D eigenvalue weighted by Gasteiger charge is 2.30. The van der Waals surface area contributed by atoms with E-state index in [9.17, 15) is 10.5 Å². The maximum atomic E-state index is 10.1. The van der Waals surface area contributed by atoms with E-state index >= 15 is 0 Å². The highest BCUT2D eigenvalue weighted by molar-refractivity contribution is 5.44. The van der Waals surface area contributed by atoms with Gasteiger partial charge in [-0.3, -0.25) is 0 Å². The van der Waals surface area contributed by atoms with Gasteiger partial charge < -0.3 is 0 Å². The summed E-state index contributed by atoms with van der Waals surface area (Å²) in [6.45, 7) is 18.1. The first kappa shape index (κ1) is 25.9. The SMILES string of the molecule is CC#N.Cc1cc(CC(C)(C#N)c2cc(C)cc(C(C)(C)C)c2)cc(C(C)(C)C#N)c1. The number of benzene rings is 2. The lowest BCUT2D eigenvalue weighted by Crippen LogP contribution is -2.25. The van der Waals surface area contributed by atoms with E-state index in [1.807, 2.05) is 20.8 Å². The summed E-state index contributed by atoms with van der Waals surface area (Å²) in [5, 5.41) is 27.0. The van der Waals surface area contributed by atoms with E-state index in [1.54, 1.807) is 6.07 Å². The molecule has 0 bridgehead atoms. The lowest BCUT2D eigenvalue weighted by atomic mass is 9.74. The molecule has 2 aromatic carbocycles. The number of hydrogen-bond acceptors (Lipinski definition) is 3. The summed E-state index contributed by atoms with van der Waals surface area (Å²) in [4.78, 5) is 0. The summed E-state index contributed by atoms with van der Waals surface area (Å²) in [7, 11) is 0. The van der Waals surface area contributed by atoms with Gasteiger partial charge in [-0.1, -0.05) is 68.3 Å². The quantitative estimate of drug-likeness (QED) is 0.544. The van der Waals surface area contributed by atoms with Crippen LogP contribution in [0.2, 0.25) is 0 Å². The van der Waals surface area contributed by atoms with Crippen LogP contribution < -0.4 is 0 Å². The minimum atomic E-state index is -0.631. The molecule has 3 nitrogen and oxygen atoms in total. The molecule has 2 aromatic rings. The van der Waals surface area contributed by atoms with Gasteiger partial charge >= 0.3 is 0 Å². The summed E-state index contributed by atoms with van der Waals surface area (Å²) in [6, 6.07) is 19.5. The molecule has 0 heterocycles. The van der Waals surface area contributed by atoms with Crippen molar-refractivity contribution in [1.82, 2.24) is 0 Å². The van der Waals surface area contributed by atoms with Crippen molar-refractivity contribution in [2.24, 2.45) is 0 Å². The molecule has 0 aliphatic heterocycles. The van der Waals surface area contributed by atoms with Crippen LogP contribution in [-0.4, -0.2) is 0 Å². The summed E-state index contributed by atoms with van der Waals surface area (Å²) >= 11 is 0. The van der Waals surface area contributed by atoms with Gasteiger partial charge in [0, 0.05) is 6.92 Å². The Labute approximate surface area is 189 Å². The lowest BCUT2D eigenvalue weighted by molar-refractivity contribution is 0.574. The molecule has 0 amide bonds. The second-order valence-electron chi connectivity index (χ2n) is 10.1. The number of hydrogen-bond donors (Lipinski definition) is 0. The van der Waals surface area contributed by atoms with Gasteiger partial charge in [0.2, 0.25) is 0 Å². The molecule has 2 rings (SSSR count). The van der Waals surface area contributed by atoms with Gasteiger partial charge in [-0.2, -0.15) is 15.8 Å². The Morgan fingerprint density at radius 1 is 0.677 bits per heavy atom. The summed E-state index contributed by atoms with van der Waals surface area (Å²) < 4.78 is 0. The average Bonchev–Trinajstić information content (AvgIpc) is 2.67. The minimum Gasteiger partial charge on any atom is -0.199 e. The average molecular weight is 414 g/mol. The fourth-order valence-corrected chi connectivity index (χ4v) is 3.54. The van der Waals surface area contributed by atoms with Gasteiger partial charge in [0.1, 0.15) is 0 Å². The number of aryl methyl sites for hydroxylation is 2. The van der Waals surface area contributed by atoms with Crippen molar-refractivity contribution in [3.05, 3.63) is 69.8 Å². The molecule has 0 aliphatic rings. The zero-order chi connectivity index (χ0) is 24.0. The first-order chi connectivity index (χ1) is 14.2. The van der Waals surface area contributed by atoms with E-state index in [4.69, 9.17) is 5.26 Å². The van der Waals surface area contributed by atoms with Gasteiger partial charge in [-0.05, 0) is 68.7 Å². The van der Waals surface area contributed by atoms with E-state index in [-0.39, 0.29) is 5.41 Å². The Bertz CT molecular complexity index is 1050. The van der Waals surface area contributed by atoms with Crippen LogP contribution in [0.3, 0.4) is 0 Å². The van der Waals surface area contributed by atoms with E-state index in [1.165, 1.54) is 18.1 Å². The Morgan fingerprint density at radius 2 is 1.16 bits per heavy atom. The molecular formula is C28H35N3. The topological polar surface area (TPSA) is 71.4 Å². The van der Waals surface area contributed by atoms with E-state index in [0.717, 1.165) is 22.3 Å². The van der Waals surface area contributed by atoms with Crippen LogP contribution in [0.1, 0.15) is 81.8 Å². The monoisotopic (exact) mass is 413 g/mol. The highest BCUT2D eigenvalue weighted by atomic mass is 14.4. The van der Waals surface area contributed by atoms with Crippen molar-refractivity contribution >= 4 is 0 Å². The zero-order valence-corrected chi connectivity index (χ0v) is 20.5. The molecule has 31 heavy (non-hydrogen) atoms. The Morgan fingerprint density at radius 3 is 1.65 bits per heavy atom. The smallest absolute Gasteiger partial charge is 0.0834 e. The first-order valence-electron chi connectivity index (χ1n) is 10.6. The van der Waals surface area contributed by atoms with Crippen LogP contribution in [0.15, 0.2) is 36.4 Å². The zero-order valence-electron chi connectivity index (χ0n) is 20.5. The maximum absolute atomic E-state index is 10.1. The summed E-state index contributed by atoms with van der Waals surface area (Å²) in [5.74, 6) is 0. The Kier molecular flexibility index (Phi) is 8.21. The highest BCUT2D eigenvalue weighted by Crippen LogP contribution is 2.34. The van der Waals surface area contributed by atoms with Crippen molar-refractivity contribution in [2.45, 2.75) is 85.0 Å². The van der Waals surface area contributed by atoms with E-state index in [0.29, 0.717) is 6.42 Å².